The smallest absolute Gasteiger partial charge is 0.219 e. The van der Waals surface area contributed by atoms with Crippen molar-refractivity contribution in [2.75, 3.05) is 45.8 Å². The number of nitrogens with zero attached hydrogens (tertiary/aromatic N) is 5. The Morgan fingerprint density at radius 1 is 1.25 bits per heavy atom. The van der Waals surface area contributed by atoms with Gasteiger partial charge in [-0.2, -0.15) is 5.10 Å². The monoisotopic (exact) mass is 335 g/mol. The molecule has 0 aromatic carbocycles. The Labute approximate surface area is 143 Å². The van der Waals surface area contributed by atoms with Crippen LogP contribution in [0.4, 0.5) is 0 Å². The number of aromatic nitrogens is 2. The molecule has 1 aromatic rings. The van der Waals surface area contributed by atoms with Gasteiger partial charge >= 0.3 is 0 Å². The number of amides is 1. The number of aliphatic hydroxyl groups is 1. The lowest BCUT2D eigenvalue weighted by atomic mass is 10.0. The first kappa shape index (κ1) is 17.4. The van der Waals surface area contributed by atoms with Crippen molar-refractivity contribution in [3.8, 4) is 0 Å². The maximum absolute atomic E-state index is 11.5. The van der Waals surface area contributed by atoms with Gasteiger partial charge in [-0.3, -0.25) is 19.3 Å². The Balaban J connectivity index is 1.47. The average molecular weight is 335 g/mol. The number of rotatable bonds is 5. The average Bonchev–Trinajstić information content (AvgIpc) is 3.17. The largest absolute Gasteiger partial charge is 0.390 e. The van der Waals surface area contributed by atoms with E-state index in [1.807, 2.05) is 17.2 Å². The summed E-state index contributed by atoms with van der Waals surface area (Å²) in [5.74, 6) is 0.767. The van der Waals surface area contributed by atoms with Crippen molar-refractivity contribution in [1.29, 1.82) is 0 Å². The van der Waals surface area contributed by atoms with Crippen molar-refractivity contribution < 1.29 is 9.90 Å². The van der Waals surface area contributed by atoms with E-state index in [0.717, 1.165) is 39.3 Å². The number of likely N-dealkylation sites (tertiary alicyclic amines) is 1. The number of hydrogen-bond donors (Lipinski definition) is 1. The predicted octanol–water partition coefficient (Wildman–Crippen LogP) is -0.272. The molecule has 3 atom stereocenters. The van der Waals surface area contributed by atoms with E-state index in [-0.39, 0.29) is 5.91 Å². The van der Waals surface area contributed by atoms with Crippen LogP contribution < -0.4 is 0 Å². The van der Waals surface area contributed by atoms with Gasteiger partial charge in [-0.15, -0.1) is 0 Å². The molecule has 7 nitrogen and oxygen atoms in total. The lowest BCUT2D eigenvalue weighted by Gasteiger charge is -2.39. The molecule has 24 heavy (non-hydrogen) atoms. The molecule has 0 spiro atoms. The zero-order valence-electron chi connectivity index (χ0n) is 14.7. The first-order chi connectivity index (χ1) is 11.5. The number of aliphatic hydroxyl groups excluding tert-OH is 1. The molecule has 7 heteroatoms. The normalized spacial score (nSPS) is 27.5. The van der Waals surface area contributed by atoms with Crippen LogP contribution in [0.1, 0.15) is 13.8 Å². The first-order valence-electron chi connectivity index (χ1n) is 8.90. The Hall–Kier alpha value is -1.44. The van der Waals surface area contributed by atoms with Crippen LogP contribution in [-0.2, 0) is 11.3 Å². The number of hydrogen-bond acceptors (Lipinski definition) is 5. The van der Waals surface area contributed by atoms with E-state index in [1.165, 1.54) is 0 Å². The van der Waals surface area contributed by atoms with E-state index >= 15 is 0 Å². The van der Waals surface area contributed by atoms with Gasteiger partial charge in [0.2, 0.25) is 5.91 Å². The number of β-amino-alcohol motifs (C(OH)–C–C–N with tert-alkyl or cyclic N) is 1. The van der Waals surface area contributed by atoms with Crippen LogP contribution in [-0.4, -0.2) is 93.5 Å². The SMILES string of the molecule is CC(=O)N1CCN(C2CN(CC(O)Cn3cccn3)CC2C)CC1. The number of piperazine rings is 1. The second kappa shape index (κ2) is 7.63. The first-order valence-corrected chi connectivity index (χ1v) is 8.90. The van der Waals surface area contributed by atoms with E-state index in [4.69, 9.17) is 0 Å². The Kier molecular flexibility index (Phi) is 5.53. The topological polar surface area (TPSA) is 64.8 Å². The zero-order valence-corrected chi connectivity index (χ0v) is 14.7. The van der Waals surface area contributed by atoms with Gasteiger partial charge in [-0.05, 0) is 12.0 Å². The van der Waals surface area contributed by atoms with Gasteiger partial charge in [0, 0.05) is 71.2 Å². The third-order valence-electron chi connectivity index (χ3n) is 5.30. The zero-order chi connectivity index (χ0) is 17.1. The van der Waals surface area contributed by atoms with Crippen LogP contribution in [0.5, 0.6) is 0 Å². The second-order valence-electron chi connectivity index (χ2n) is 7.19. The molecule has 2 aliphatic heterocycles. The Morgan fingerprint density at radius 2 is 2.00 bits per heavy atom. The van der Waals surface area contributed by atoms with Gasteiger partial charge in [0.05, 0.1) is 12.6 Å². The van der Waals surface area contributed by atoms with Crippen LogP contribution in [0.3, 0.4) is 0 Å². The van der Waals surface area contributed by atoms with Crippen molar-refractivity contribution in [1.82, 2.24) is 24.5 Å². The van der Waals surface area contributed by atoms with Crippen molar-refractivity contribution in [2.45, 2.75) is 32.5 Å². The van der Waals surface area contributed by atoms with Gasteiger partial charge in [0.15, 0.2) is 0 Å². The summed E-state index contributed by atoms with van der Waals surface area (Å²) >= 11 is 0. The summed E-state index contributed by atoms with van der Waals surface area (Å²) in [4.78, 5) is 18.3. The molecule has 1 amide bonds. The fourth-order valence-corrected chi connectivity index (χ4v) is 4.02. The maximum atomic E-state index is 11.5. The predicted molar refractivity (Wildman–Crippen MR) is 91.5 cm³/mol. The summed E-state index contributed by atoms with van der Waals surface area (Å²) in [6.45, 7) is 10.8. The molecule has 3 unspecified atom stereocenters. The highest BCUT2D eigenvalue weighted by Gasteiger charge is 2.36. The summed E-state index contributed by atoms with van der Waals surface area (Å²) in [7, 11) is 0. The van der Waals surface area contributed by atoms with Crippen molar-refractivity contribution in [2.24, 2.45) is 5.92 Å². The standard InChI is InChI=1S/C17H29N5O2/c1-14-10-19(11-16(24)12-22-5-3-4-18-22)13-17(14)21-8-6-20(7-9-21)15(2)23/h3-5,14,16-17,24H,6-13H2,1-2H3. The van der Waals surface area contributed by atoms with Crippen molar-refractivity contribution in [3.63, 3.8) is 0 Å². The van der Waals surface area contributed by atoms with Crippen LogP contribution in [0.2, 0.25) is 0 Å². The van der Waals surface area contributed by atoms with E-state index in [0.29, 0.717) is 25.0 Å². The number of carbonyl (C=O) groups excluding carboxylic acids is 1. The molecule has 134 valence electrons. The minimum atomic E-state index is -0.398. The van der Waals surface area contributed by atoms with Crippen LogP contribution >= 0.6 is 0 Å². The minimum Gasteiger partial charge on any atom is -0.390 e. The number of carbonyl (C=O) groups is 1. The minimum absolute atomic E-state index is 0.178. The molecule has 2 aliphatic rings. The molecule has 0 radical (unpaired) electrons. The molecule has 1 aromatic heterocycles. The molecule has 3 heterocycles. The molecule has 1 N–H and O–H groups in total. The van der Waals surface area contributed by atoms with Gasteiger partial charge < -0.3 is 10.0 Å². The molecule has 2 fully saturated rings. The summed E-state index contributed by atoms with van der Waals surface area (Å²) in [6, 6.07) is 2.40. The summed E-state index contributed by atoms with van der Waals surface area (Å²) in [6.07, 6.45) is 3.22. The van der Waals surface area contributed by atoms with Crippen LogP contribution in [0, 0.1) is 5.92 Å². The van der Waals surface area contributed by atoms with E-state index in [9.17, 15) is 9.90 Å². The Bertz CT molecular complexity index is 527. The van der Waals surface area contributed by atoms with Crippen molar-refractivity contribution >= 4 is 5.91 Å². The summed E-state index contributed by atoms with van der Waals surface area (Å²) < 4.78 is 1.78. The highest BCUT2D eigenvalue weighted by molar-refractivity contribution is 5.73. The quantitative estimate of drug-likeness (QED) is 0.802. The van der Waals surface area contributed by atoms with E-state index < -0.39 is 6.10 Å². The molecule has 0 bridgehead atoms. The van der Waals surface area contributed by atoms with Gasteiger partial charge in [0.25, 0.3) is 0 Å². The van der Waals surface area contributed by atoms with Gasteiger partial charge in [0.1, 0.15) is 0 Å². The third-order valence-corrected chi connectivity index (χ3v) is 5.30. The fraction of sp³-hybridized carbons (Fsp3) is 0.765. The van der Waals surface area contributed by atoms with Crippen molar-refractivity contribution in [3.05, 3.63) is 18.5 Å². The lowest BCUT2D eigenvalue weighted by Crippen LogP contribution is -2.53. The Morgan fingerprint density at radius 3 is 2.62 bits per heavy atom. The van der Waals surface area contributed by atoms with Gasteiger partial charge in [-0.1, -0.05) is 6.92 Å². The molecular weight excluding hydrogens is 306 g/mol. The lowest BCUT2D eigenvalue weighted by molar-refractivity contribution is -0.130. The fourth-order valence-electron chi connectivity index (χ4n) is 4.02. The van der Waals surface area contributed by atoms with Crippen LogP contribution in [0.25, 0.3) is 0 Å². The van der Waals surface area contributed by atoms with Crippen LogP contribution in [0.15, 0.2) is 18.5 Å². The van der Waals surface area contributed by atoms with Gasteiger partial charge in [-0.25, -0.2) is 0 Å². The third kappa shape index (κ3) is 4.15. The summed E-state index contributed by atoms with van der Waals surface area (Å²) in [5, 5.41) is 14.5. The molecule has 0 aliphatic carbocycles. The molecule has 2 saturated heterocycles. The highest BCUT2D eigenvalue weighted by atomic mass is 16.3. The van der Waals surface area contributed by atoms with E-state index in [2.05, 4.69) is 21.8 Å². The van der Waals surface area contributed by atoms with E-state index in [1.54, 1.807) is 17.8 Å². The highest BCUT2D eigenvalue weighted by Crippen LogP contribution is 2.23. The maximum Gasteiger partial charge on any atom is 0.219 e. The molecule has 0 saturated carbocycles. The summed E-state index contributed by atoms with van der Waals surface area (Å²) in [5.41, 5.74) is 0. The second-order valence-corrected chi connectivity index (χ2v) is 7.19. The molecule has 3 rings (SSSR count). The molecular formula is C17H29N5O2.